The summed E-state index contributed by atoms with van der Waals surface area (Å²) in [6.45, 7) is 6.15. The van der Waals surface area contributed by atoms with Crippen LogP contribution in [0.15, 0.2) is 24.3 Å². The zero-order valence-corrected chi connectivity index (χ0v) is 11.9. The third kappa shape index (κ3) is 5.30. The topological polar surface area (TPSA) is 49.8 Å². The number of hydrogen-bond donors (Lipinski definition) is 1. The number of ether oxygens (including phenoxy) is 1. The molecule has 1 aromatic carbocycles. The largest absolute Gasteiger partial charge is 0.481 e. The number of carboxylic acids is 1. The highest BCUT2D eigenvalue weighted by molar-refractivity contribution is 5.68. The van der Waals surface area contributed by atoms with Gasteiger partial charge in [-0.3, -0.25) is 4.79 Å². The fourth-order valence-electron chi connectivity index (χ4n) is 2.17. The fourth-order valence-corrected chi connectivity index (χ4v) is 2.17. The van der Waals surface area contributed by atoms with Crippen molar-refractivity contribution in [2.75, 3.05) is 31.7 Å². The maximum atomic E-state index is 10.8. The molecule has 1 rings (SSSR count). The minimum Gasteiger partial charge on any atom is -0.481 e. The minimum absolute atomic E-state index is 0.147. The number of benzene rings is 1. The third-order valence-corrected chi connectivity index (χ3v) is 3.03. The number of carbonyl (C=O) groups is 1. The molecular formula is C15H23NO3. The molecule has 0 radical (unpaired) electrons. The molecule has 0 bridgehead atoms. The van der Waals surface area contributed by atoms with Crippen molar-refractivity contribution < 1.29 is 14.6 Å². The maximum Gasteiger partial charge on any atom is 0.305 e. The molecule has 0 amide bonds. The Morgan fingerprint density at radius 3 is 2.68 bits per heavy atom. The monoisotopic (exact) mass is 265 g/mol. The molecule has 0 aliphatic heterocycles. The van der Waals surface area contributed by atoms with E-state index in [1.165, 1.54) is 0 Å². The van der Waals surface area contributed by atoms with Crippen LogP contribution in [0.25, 0.3) is 0 Å². The summed E-state index contributed by atoms with van der Waals surface area (Å²) in [6.07, 6.45) is 0.147. The van der Waals surface area contributed by atoms with Gasteiger partial charge < -0.3 is 14.7 Å². The van der Waals surface area contributed by atoms with Crippen LogP contribution in [0.5, 0.6) is 0 Å². The average Bonchev–Trinajstić information content (AvgIpc) is 2.35. The SMILES string of the molecule is COCC(C)CN(CCC(=O)O)c1ccccc1C. The standard InChI is InChI=1S/C15H23NO3/c1-12(11-19-3)10-16(9-8-15(17)18)14-7-5-4-6-13(14)2/h4-7,12H,8-11H2,1-3H3,(H,17,18). The molecular weight excluding hydrogens is 242 g/mol. The van der Waals surface area contributed by atoms with Gasteiger partial charge in [0.1, 0.15) is 0 Å². The molecule has 4 heteroatoms. The van der Waals surface area contributed by atoms with Gasteiger partial charge in [-0.25, -0.2) is 0 Å². The molecule has 19 heavy (non-hydrogen) atoms. The van der Waals surface area contributed by atoms with E-state index >= 15 is 0 Å². The van der Waals surface area contributed by atoms with Crippen LogP contribution in [0.2, 0.25) is 0 Å². The second-order valence-corrected chi connectivity index (χ2v) is 4.94. The van der Waals surface area contributed by atoms with E-state index in [0.717, 1.165) is 17.8 Å². The number of hydrogen-bond acceptors (Lipinski definition) is 3. The summed E-state index contributed by atoms with van der Waals surface area (Å²) in [5, 5.41) is 8.86. The Balaban J connectivity index is 2.79. The second kappa shape index (κ2) is 7.79. The van der Waals surface area contributed by atoms with Crippen molar-refractivity contribution in [2.45, 2.75) is 20.3 Å². The Bertz CT molecular complexity index is 406. The Labute approximate surface area is 115 Å². The van der Waals surface area contributed by atoms with Gasteiger partial charge in [-0.15, -0.1) is 0 Å². The molecule has 0 aromatic heterocycles. The van der Waals surface area contributed by atoms with Crippen molar-refractivity contribution in [1.29, 1.82) is 0 Å². The Hall–Kier alpha value is -1.55. The number of nitrogens with zero attached hydrogens (tertiary/aromatic N) is 1. The Morgan fingerprint density at radius 2 is 2.11 bits per heavy atom. The van der Waals surface area contributed by atoms with E-state index in [4.69, 9.17) is 9.84 Å². The molecule has 0 aliphatic rings. The summed E-state index contributed by atoms with van der Waals surface area (Å²) in [4.78, 5) is 12.9. The first-order valence-corrected chi connectivity index (χ1v) is 6.56. The van der Waals surface area contributed by atoms with E-state index in [1.807, 2.05) is 31.2 Å². The van der Waals surface area contributed by atoms with Crippen LogP contribution in [-0.4, -0.2) is 37.9 Å². The minimum atomic E-state index is -0.766. The zero-order valence-electron chi connectivity index (χ0n) is 11.9. The number of rotatable bonds is 8. The molecule has 1 N–H and O–H groups in total. The highest BCUT2D eigenvalue weighted by Gasteiger charge is 2.14. The average molecular weight is 265 g/mol. The van der Waals surface area contributed by atoms with E-state index in [9.17, 15) is 4.79 Å². The predicted octanol–water partition coefficient (Wildman–Crippen LogP) is 2.56. The lowest BCUT2D eigenvalue weighted by molar-refractivity contribution is -0.136. The summed E-state index contributed by atoms with van der Waals surface area (Å²) in [6, 6.07) is 8.06. The summed E-state index contributed by atoms with van der Waals surface area (Å²) < 4.78 is 5.15. The van der Waals surface area contributed by atoms with Crippen LogP contribution >= 0.6 is 0 Å². The highest BCUT2D eigenvalue weighted by atomic mass is 16.5. The van der Waals surface area contributed by atoms with Gasteiger partial charge in [-0.05, 0) is 24.5 Å². The van der Waals surface area contributed by atoms with Crippen molar-refractivity contribution in [3.63, 3.8) is 0 Å². The number of carboxylic acid groups (broad SMARTS) is 1. The first kappa shape index (κ1) is 15.5. The van der Waals surface area contributed by atoms with Gasteiger partial charge in [0.05, 0.1) is 13.0 Å². The van der Waals surface area contributed by atoms with E-state index in [-0.39, 0.29) is 6.42 Å². The molecule has 0 aliphatic carbocycles. The Kier molecular flexibility index (Phi) is 6.36. The van der Waals surface area contributed by atoms with Gasteiger partial charge >= 0.3 is 5.97 Å². The summed E-state index contributed by atoms with van der Waals surface area (Å²) in [5.41, 5.74) is 2.27. The van der Waals surface area contributed by atoms with Crippen LogP contribution in [-0.2, 0) is 9.53 Å². The maximum absolute atomic E-state index is 10.8. The number of aryl methyl sites for hydroxylation is 1. The van der Waals surface area contributed by atoms with Crippen LogP contribution in [0.3, 0.4) is 0 Å². The Morgan fingerprint density at radius 1 is 1.42 bits per heavy atom. The van der Waals surface area contributed by atoms with Gasteiger partial charge in [0, 0.05) is 25.9 Å². The smallest absolute Gasteiger partial charge is 0.305 e. The molecule has 0 spiro atoms. The molecule has 1 aromatic rings. The predicted molar refractivity (Wildman–Crippen MR) is 76.7 cm³/mol. The van der Waals surface area contributed by atoms with E-state index in [1.54, 1.807) is 7.11 Å². The molecule has 4 nitrogen and oxygen atoms in total. The van der Waals surface area contributed by atoms with Crippen molar-refractivity contribution in [3.05, 3.63) is 29.8 Å². The van der Waals surface area contributed by atoms with Crippen LogP contribution < -0.4 is 4.90 Å². The second-order valence-electron chi connectivity index (χ2n) is 4.94. The molecule has 0 heterocycles. The van der Waals surface area contributed by atoms with Gasteiger partial charge in [0.25, 0.3) is 0 Å². The van der Waals surface area contributed by atoms with E-state index in [2.05, 4.69) is 11.8 Å². The van der Waals surface area contributed by atoms with E-state index in [0.29, 0.717) is 19.1 Å². The molecule has 0 saturated carbocycles. The summed E-state index contributed by atoms with van der Waals surface area (Å²) in [5.74, 6) is -0.406. The highest BCUT2D eigenvalue weighted by Crippen LogP contribution is 2.21. The number of anilines is 1. The van der Waals surface area contributed by atoms with Crippen LogP contribution in [0, 0.1) is 12.8 Å². The number of methoxy groups -OCH3 is 1. The van der Waals surface area contributed by atoms with Gasteiger partial charge in [0.15, 0.2) is 0 Å². The first-order chi connectivity index (χ1) is 9.04. The molecule has 0 fully saturated rings. The van der Waals surface area contributed by atoms with Crippen molar-refractivity contribution in [3.8, 4) is 0 Å². The van der Waals surface area contributed by atoms with Crippen molar-refractivity contribution in [1.82, 2.24) is 0 Å². The molecule has 106 valence electrons. The van der Waals surface area contributed by atoms with E-state index < -0.39 is 5.97 Å². The van der Waals surface area contributed by atoms with Gasteiger partial charge in [-0.2, -0.15) is 0 Å². The van der Waals surface area contributed by atoms with Crippen LogP contribution in [0.1, 0.15) is 18.9 Å². The van der Waals surface area contributed by atoms with Gasteiger partial charge in [-0.1, -0.05) is 25.1 Å². The summed E-state index contributed by atoms with van der Waals surface area (Å²) in [7, 11) is 1.69. The van der Waals surface area contributed by atoms with Crippen molar-refractivity contribution >= 4 is 11.7 Å². The van der Waals surface area contributed by atoms with Crippen LogP contribution in [0.4, 0.5) is 5.69 Å². The first-order valence-electron chi connectivity index (χ1n) is 6.56. The van der Waals surface area contributed by atoms with Gasteiger partial charge in [0.2, 0.25) is 0 Å². The lowest BCUT2D eigenvalue weighted by Crippen LogP contribution is -2.32. The van der Waals surface area contributed by atoms with Crippen molar-refractivity contribution in [2.24, 2.45) is 5.92 Å². The summed E-state index contributed by atoms with van der Waals surface area (Å²) >= 11 is 0. The normalized spacial score (nSPS) is 12.2. The lowest BCUT2D eigenvalue weighted by Gasteiger charge is -2.28. The molecule has 0 saturated heterocycles. The third-order valence-electron chi connectivity index (χ3n) is 3.03. The number of para-hydroxylation sites is 1. The molecule has 1 unspecified atom stereocenters. The number of aliphatic carboxylic acids is 1. The zero-order chi connectivity index (χ0) is 14.3. The fraction of sp³-hybridized carbons (Fsp3) is 0.533. The molecule has 1 atom stereocenters. The lowest BCUT2D eigenvalue weighted by atomic mass is 10.1. The quantitative estimate of drug-likeness (QED) is 0.785.